The summed E-state index contributed by atoms with van der Waals surface area (Å²) in [5.74, 6) is -2.05. The van der Waals surface area contributed by atoms with Crippen LogP contribution < -0.4 is 16.0 Å². The fourth-order valence-electron chi connectivity index (χ4n) is 3.87. The molecule has 10 nitrogen and oxygen atoms in total. The van der Waals surface area contributed by atoms with Crippen LogP contribution in [0.5, 0.6) is 0 Å². The second-order valence-electron chi connectivity index (χ2n) is 9.56. The van der Waals surface area contributed by atoms with Gasteiger partial charge in [0, 0.05) is 37.5 Å². The second kappa shape index (κ2) is 11.7. The Morgan fingerprint density at radius 1 is 1.15 bits per heavy atom. The van der Waals surface area contributed by atoms with Gasteiger partial charge in [-0.05, 0) is 43.0 Å². The molecule has 4 amide bonds. The van der Waals surface area contributed by atoms with Crippen molar-refractivity contribution in [1.29, 1.82) is 0 Å². The molecule has 1 aliphatic rings. The van der Waals surface area contributed by atoms with Crippen molar-refractivity contribution in [2.45, 2.75) is 37.5 Å². The topological polar surface area (TPSA) is 138 Å². The molecule has 2 aromatic carbocycles. The van der Waals surface area contributed by atoms with Crippen molar-refractivity contribution in [2.24, 2.45) is 0 Å². The van der Waals surface area contributed by atoms with E-state index >= 15 is 4.39 Å². The molecule has 1 atom stereocenters. The van der Waals surface area contributed by atoms with Crippen LogP contribution in [0.1, 0.15) is 36.4 Å². The number of thiazole rings is 1. The fraction of sp³-hybridized carbons (Fsp3) is 0.385. The Hall–Kier alpha value is -3.58. The predicted octanol–water partition coefficient (Wildman–Crippen LogP) is 3.46. The molecule has 0 spiro atoms. The summed E-state index contributed by atoms with van der Waals surface area (Å²) in [5.41, 5.74) is 1.57. The van der Waals surface area contributed by atoms with E-state index in [4.69, 9.17) is 0 Å². The molecule has 13 heteroatoms. The number of nitrogens with zero attached hydrogens (tertiary/aromatic N) is 2. The first-order valence-electron chi connectivity index (χ1n) is 12.5. The van der Waals surface area contributed by atoms with E-state index in [1.807, 2.05) is 0 Å². The average Bonchev–Trinajstić information content (AvgIpc) is 3.59. The monoisotopic (exact) mass is 575 g/mol. The van der Waals surface area contributed by atoms with E-state index in [0.29, 0.717) is 22.4 Å². The maximum absolute atomic E-state index is 15.1. The smallest absolute Gasteiger partial charge is 0.321 e. The molecule has 1 aromatic heterocycles. The van der Waals surface area contributed by atoms with Gasteiger partial charge in [-0.25, -0.2) is 22.6 Å². The van der Waals surface area contributed by atoms with E-state index in [-0.39, 0.29) is 46.4 Å². The minimum absolute atomic E-state index is 0.0110. The lowest BCUT2D eigenvalue weighted by Gasteiger charge is -2.15. The third-order valence-electron chi connectivity index (χ3n) is 6.02. The third-order valence-corrected chi connectivity index (χ3v) is 9.39. The first-order valence-corrected chi connectivity index (χ1v) is 15.0. The lowest BCUT2D eigenvalue weighted by Crippen LogP contribution is -2.41. The molecule has 3 aromatic rings. The summed E-state index contributed by atoms with van der Waals surface area (Å²) in [6.45, 7) is 1.34. The van der Waals surface area contributed by atoms with Crippen LogP contribution in [0, 0.1) is 5.82 Å². The van der Waals surface area contributed by atoms with Crippen molar-refractivity contribution in [2.75, 3.05) is 31.7 Å². The lowest BCUT2D eigenvalue weighted by molar-refractivity contribution is -0.126. The minimum atomic E-state index is -3.95. The Balaban J connectivity index is 1.61. The molecule has 1 unspecified atom stereocenters. The van der Waals surface area contributed by atoms with Crippen molar-refractivity contribution in [3.8, 4) is 11.1 Å². The Kier molecular flexibility index (Phi) is 8.50. The normalized spacial score (nSPS) is 14.1. The summed E-state index contributed by atoms with van der Waals surface area (Å²) in [7, 11) is -0.719. The highest BCUT2D eigenvalue weighted by molar-refractivity contribution is 7.92. The maximum Gasteiger partial charge on any atom is 0.321 e. The van der Waals surface area contributed by atoms with Crippen LogP contribution in [-0.4, -0.2) is 68.6 Å². The first kappa shape index (κ1) is 28.4. The number of amides is 4. The van der Waals surface area contributed by atoms with E-state index in [0.717, 1.165) is 24.2 Å². The number of halogens is 1. The van der Waals surface area contributed by atoms with Crippen LogP contribution in [0.15, 0.2) is 36.4 Å². The summed E-state index contributed by atoms with van der Waals surface area (Å²) >= 11 is 0.993. The quantitative estimate of drug-likeness (QED) is 0.339. The van der Waals surface area contributed by atoms with Gasteiger partial charge in [0.05, 0.1) is 22.5 Å². The number of aromatic nitrogens is 1. The second-order valence-corrected chi connectivity index (χ2v) is 12.8. The average molecular weight is 576 g/mol. The zero-order valence-corrected chi connectivity index (χ0v) is 23.4. The number of benzene rings is 2. The van der Waals surface area contributed by atoms with Crippen LogP contribution in [0.4, 0.5) is 14.9 Å². The summed E-state index contributed by atoms with van der Waals surface area (Å²) in [4.78, 5) is 42.6. The highest BCUT2D eigenvalue weighted by atomic mass is 32.2. The highest BCUT2D eigenvalue weighted by Gasteiger charge is 2.37. The number of carbonyl (C=O) groups is 3. The first-order chi connectivity index (χ1) is 18.5. The Labute approximate surface area is 229 Å². The molecule has 208 valence electrons. The van der Waals surface area contributed by atoms with Crippen LogP contribution in [0.3, 0.4) is 0 Å². The maximum atomic E-state index is 15.1. The van der Waals surface area contributed by atoms with Gasteiger partial charge in [0.2, 0.25) is 11.8 Å². The summed E-state index contributed by atoms with van der Waals surface area (Å²) in [6, 6.07) is 9.19. The standard InChI is InChI=1S/C26H30FN5O5S2/c1-4-11-39(36,37)23(24(34)28-14-22(33)29-16-9-10-16)25-31-20-13-19(27)18(12-21(20)38-25)15-5-7-17(8-6-15)30-26(35)32(2)3/h5-8,12-13,16,23H,4,9-11,14H2,1-3H3,(H,28,34)(H,29,33)(H,30,35). The predicted molar refractivity (Wildman–Crippen MR) is 149 cm³/mol. The van der Waals surface area contributed by atoms with E-state index in [2.05, 4.69) is 20.9 Å². The number of fused-ring (bicyclic) bond motifs is 1. The SMILES string of the molecule is CCCS(=O)(=O)C(C(=O)NCC(=O)NC1CC1)c1nc2cc(F)c(-c3ccc(NC(=O)N(C)C)cc3)cc2s1. The number of hydrogen-bond donors (Lipinski definition) is 3. The molecule has 39 heavy (non-hydrogen) atoms. The molecule has 0 saturated heterocycles. The fourth-order valence-corrected chi connectivity index (χ4v) is 6.99. The molecule has 4 rings (SSSR count). The number of sulfone groups is 1. The van der Waals surface area contributed by atoms with Crippen molar-refractivity contribution in [1.82, 2.24) is 20.5 Å². The molecule has 1 fully saturated rings. The highest BCUT2D eigenvalue weighted by Crippen LogP contribution is 2.36. The number of anilines is 1. The van der Waals surface area contributed by atoms with Crippen molar-refractivity contribution >= 4 is 54.9 Å². The molecule has 0 aliphatic heterocycles. The van der Waals surface area contributed by atoms with Crippen LogP contribution in [0.2, 0.25) is 0 Å². The van der Waals surface area contributed by atoms with Crippen LogP contribution >= 0.6 is 11.3 Å². The number of nitrogens with one attached hydrogen (secondary N) is 3. The number of hydrogen-bond acceptors (Lipinski definition) is 7. The molecule has 1 saturated carbocycles. The molecule has 3 N–H and O–H groups in total. The summed E-state index contributed by atoms with van der Waals surface area (Å²) in [6.07, 6.45) is 2.06. The van der Waals surface area contributed by atoms with E-state index < -0.39 is 26.8 Å². The van der Waals surface area contributed by atoms with Gasteiger partial charge in [-0.1, -0.05) is 19.1 Å². The Bertz CT molecular complexity index is 1500. The summed E-state index contributed by atoms with van der Waals surface area (Å²) < 4.78 is 41.8. The lowest BCUT2D eigenvalue weighted by atomic mass is 10.0. The van der Waals surface area contributed by atoms with Crippen molar-refractivity contribution in [3.63, 3.8) is 0 Å². The molecule has 0 bridgehead atoms. The molecule has 1 heterocycles. The van der Waals surface area contributed by atoms with Gasteiger partial charge in [0.1, 0.15) is 10.8 Å². The Morgan fingerprint density at radius 3 is 2.46 bits per heavy atom. The van der Waals surface area contributed by atoms with E-state index in [9.17, 15) is 22.8 Å². The van der Waals surface area contributed by atoms with Gasteiger partial charge in [0.15, 0.2) is 15.1 Å². The molecule has 0 radical (unpaired) electrons. The van der Waals surface area contributed by atoms with Gasteiger partial charge < -0.3 is 20.9 Å². The number of rotatable bonds is 10. The van der Waals surface area contributed by atoms with E-state index in [1.54, 1.807) is 51.4 Å². The summed E-state index contributed by atoms with van der Waals surface area (Å²) in [5, 5.41) is 6.27. The Morgan fingerprint density at radius 2 is 1.85 bits per heavy atom. The van der Waals surface area contributed by atoms with Gasteiger partial charge in [-0.2, -0.15) is 0 Å². The zero-order valence-electron chi connectivity index (χ0n) is 21.8. The molecule has 1 aliphatic carbocycles. The van der Waals surface area contributed by atoms with Crippen molar-refractivity contribution < 1.29 is 27.2 Å². The van der Waals surface area contributed by atoms with Crippen LogP contribution in [0.25, 0.3) is 21.3 Å². The van der Waals surface area contributed by atoms with Crippen LogP contribution in [-0.2, 0) is 19.4 Å². The minimum Gasteiger partial charge on any atom is -0.352 e. The van der Waals surface area contributed by atoms with Crippen molar-refractivity contribution in [3.05, 3.63) is 47.2 Å². The number of carbonyl (C=O) groups excluding carboxylic acids is 3. The largest absolute Gasteiger partial charge is 0.352 e. The van der Waals surface area contributed by atoms with Gasteiger partial charge in [0.25, 0.3) is 0 Å². The third kappa shape index (κ3) is 6.90. The molecular weight excluding hydrogens is 545 g/mol. The van der Waals surface area contributed by atoms with Gasteiger partial charge in [-0.3, -0.25) is 9.59 Å². The number of urea groups is 1. The zero-order chi connectivity index (χ0) is 28.3. The van der Waals surface area contributed by atoms with Gasteiger partial charge >= 0.3 is 6.03 Å². The van der Waals surface area contributed by atoms with Gasteiger partial charge in [-0.15, -0.1) is 11.3 Å². The molecular formula is C26H30FN5O5S2. The van der Waals surface area contributed by atoms with E-state index in [1.165, 1.54) is 11.0 Å².